The number of carbonyl (C=O) groups excluding carboxylic acids is 1. The number of piperidine rings is 2. The fourth-order valence-corrected chi connectivity index (χ4v) is 3.84. The molecule has 27 heavy (non-hydrogen) atoms. The third-order valence-electron chi connectivity index (χ3n) is 5.66. The van der Waals surface area contributed by atoms with Gasteiger partial charge in [-0.25, -0.2) is 0 Å². The van der Waals surface area contributed by atoms with Gasteiger partial charge >= 0.3 is 0 Å². The predicted molar refractivity (Wildman–Crippen MR) is 104 cm³/mol. The average Bonchev–Trinajstić information content (AvgIpc) is 2.68. The van der Waals surface area contributed by atoms with Crippen LogP contribution in [0.25, 0.3) is 0 Å². The van der Waals surface area contributed by atoms with Gasteiger partial charge in [0.15, 0.2) is 11.5 Å². The fourth-order valence-electron chi connectivity index (χ4n) is 3.84. The Morgan fingerprint density at radius 1 is 1.07 bits per heavy atom. The quantitative estimate of drug-likeness (QED) is 0.856. The highest BCUT2D eigenvalue weighted by Gasteiger charge is 2.25. The first-order valence-electron chi connectivity index (χ1n) is 10.0. The van der Waals surface area contributed by atoms with Crippen LogP contribution >= 0.6 is 0 Å². The van der Waals surface area contributed by atoms with E-state index in [1.807, 2.05) is 6.07 Å². The number of nitrogens with zero attached hydrogens (tertiary/aromatic N) is 2. The van der Waals surface area contributed by atoms with Gasteiger partial charge in [-0.15, -0.1) is 0 Å². The molecule has 0 radical (unpaired) electrons. The fraction of sp³-hybridized carbons (Fsp3) is 0.667. The summed E-state index contributed by atoms with van der Waals surface area (Å²) in [4.78, 5) is 17.1. The Hall–Kier alpha value is -1.79. The molecule has 1 aromatic rings. The second-order valence-corrected chi connectivity index (χ2v) is 7.84. The minimum absolute atomic E-state index is 0.0102. The van der Waals surface area contributed by atoms with E-state index in [1.54, 1.807) is 24.1 Å². The third-order valence-corrected chi connectivity index (χ3v) is 5.66. The van der Waals surface area contributed by atoms with Crippen LogP contribution in [-0.2, 0) is 0 Å². The predicted octanol–water partition coefficient (Wildman–Crippen LogP) is 2.54. The number of likely N-dealkylation sites (tertiary alicyclic amines) is 2. The van der Waals surface area contributed by atoms with Crippen LogP contribution in [0, 0.1) is 0 Å². The summed E-state index contributed by atoms with van der Waals surface area (Å²) in [6, 6.07) is 5.97. The molecule has 1 amide bonds. The van der Waals surface area contributed by atoms with Crippen molar-refractivity contribution in [1.29, 1.82) is 0 Å². The molecule has 0 unspecified atom stereocenters. The van der Waals surface area contributed by atoms with Crippen LogP contribution in [0.1, 0.15) is 49.9 Å². The van der Waals surface area contributed by atoms with Gasteiger partial charge in [0, 0.05) is 37.8 Å². The van der Waals surface area contributed by atoms with Crippen LogP contribution in [0.5, 0.6) is 11.5 Å². The summed E-state index contributed by atoms with van der Waals surface area (Å²) >= 11 is 0. The maximum atomic E-state index is 12.8. The van der Waals surface area contributed by atoms with Gasteiger partial charge < -0.3 is 24.4 Å². The molecule has 0 atom stereocenters. The summed E-state index contributed by atoms with van der Waals surface area (Å²) in [5.41, 5.74) is 0.613. The largest absolute Gasteiger partial charge is 0.493 e. The lowest BCUT2D eigenvalue weighted by Crippen LogP contribution is -2.41. The molecule has 1 aromatic carbocycles. The number of amides is 1. The van der Waals surface area contributed by atoms with Crippen molar-refractivity contribution in [3.8, 4) is 11.5 Å². The summed E-state index contributed by atoms with van der Waals surface area (Å²) in [6.45, 7) is 7.68. The van der Waals surface area contributed by atoms with E-state index in [1.165, 1.54) is 0 Å². The second-order valence-electron chi connectivity index (χ2n) is 7.84. The highest BCUT2D eigenvalue weighted by Crippen LogP contribution is 2.31. The van der Waals surface area contributed by atoms with Gasteiger partial charge in [0.2, 0.25) is 0 Å². The second kappa shape index (κ2) is 8.93. The molecule has 0 aliphatic carbocycles. The van der Waals surface area contributed by atoms with Crippen molar-refractivity contribution >= 4 is 5.91 Å². The average molecular weight is 376 g/mol. The van der Waals surface area contributed by atoms with Crippen LogP contribution < -0.4 is 9.47 Å². The number of aliphatic hydroxyl groups is 1. The topological polar surface area (TPSA) is 62.2 Å². The number of methoxy groups -OCH3 is 1. The van der Waals surface area contributed by atoms with Crippen LogP contribution in [0.3, 0.4) is 0 Å². The number of hydrogen-bond donors (Lipinski definition) is 1. The maximum absolute atomic E-state index is 12.8. The first kappa shape index (κ1) is 20.0. The van der Waals surface area contributed by atoms with E-state index in [0.29, 0.717) is 49.0 Å². The number of aliphatic hydroxyl groups excluding tert-OH is 1. The third kappa shape index (κ3) is 4.93. The van der Waals surface area contributed by atoms with Crippen molar-refractivity contribution in [3.05, 3.63) is 23.8 Å². The Labute approximate surface area is 162 Å². The van der Waals surface area contributed by atoms with Crippen molar-refractivity contribution in [3.63, 3.8) is 0 Å². The van der Waals surface area contributed by atoms with Gasteiger partial charge in [0.25, 0.3) is 5.91 Å². The molecule has 0 bridgehead atoms. The zero-order valence-corrected chi connectivity index (χ0v) is 16.7. The van der Waals surface area contributed by atoms with Crippen LogP contribution in [-0.4, -0.2) is 72.4 Å². The molecule has 2 aliphatic rings. The molecule has 6 nitrogen and oxygen atoms in total. The van der Waals surface area contributed by atoms with Gasteiger partial charge in [0.05, 0.1) is 13.2 Å². The van der Waals surface area contributed by atoms with Crippen molar-refractivity contribution in [1.82, 2.24) is 9.80 Å². The molecular formula is C21H32N2O4. The lowest BCUT2D eigenvalue weighted by molar-refractivity contribution is 0.0544. The van der Waals surface area contributed by atoms with E-state index in [9.17, 15) is 9.90 Å². The van der Waals surface area contributed by atoms with E-state index in [2.05, 4.69) is 18.7 Å². The van der Waals surface area contributed by atoms with Gasteiger partial charge in [-0.3, -0.25) is 4.79 Å². The normalized spacial score (nSPS) is 20.1. The Balaban J connectivity index is 1.68. The molecule has 0 aromatic heterocycles. The first-order valence-corrected chi connectivity index (χ1v) is 10.0. The first-order chi connectivity index (χ1) is 13.0. The van der Waals surface area contributed by atoms with Crippen molar-refractivity contribution in [2.75, 3.05) is 33.3 Å². The molecule has 6 heteroatoms. The zero-order valence-electron chi connectivity index (χ0n) is 16.7. The van der Waals surface area contributed by atoms with Gasteiger partial charge in [-0.05, 0) is 57.7 Å². The van der Waals surface area contributed by atoms with E-state index in [0.717, 1.165) is 25.9 Å². The Morgan fingerprint density at radius 3 is 2.33 bits per heavy atom. The summed E-state index contributed by atoms with van der Waals surface area (Å²) < 4.78 is 11.7. The van der Waals surface area contributed by atoms with Crippen LogP contribution in [0.2, 0.25) is 0 Å². The summed E-state index contributed by atoms with van der Waals surface area (Å²) in [5.74, 6) is 1.29. The number of rotatable bonds is 5. The lowest BCUT2D eigenvalue weighted by atomic mass is 10.1. The molecule has 1 N–H and O–H groups in total. The highest BCUT2D eigenvalue weighted by molar-refractivity contribution is 5.95. The molecule has 2 heterocycles. The van der Waals surface area contributed by atoms with Crippen LogP contribution in [0.4, 0.5) is 0 Å². The smallest absolute Gasteiger partial charge is 0.253 e. The highest BCUT2D eigenvalue weighted by atomic mass is 16.5. The molecule has 150 valence electrons. The number of benzene rings is 1. The van der Waals surface area contributed by atoms with E-state index in [-0.39, 0.29) is 18.1 Å². The lowest BCUT2D eigenvalue weighted by Gasteiger charge is -2.34. The van der Waals surface area contributed by atoms with Gasteiger partial charge in [0.1, 0.15) is 6.10 Å². The molecule has 2 fully saturated rings. The van der Waals surface area contributed by atoms with E-state index in [4.69, 9.17) is 9.47 Å². The molecule has 0 saturated carbocycles. The molecular weight excluding hydrogens is 344 g/mol. The van der Waals surface area contributed by atoms with E-state index >= 15 is 0 Å². The maximum Gasteiger partial charge on any atom is 0.253 e. The monoisotopic (exact) mass is 376 g/mol. The van der Waals surface area contributed by atoms with Gasteiger partial charge in [-0.1, -0.05) is 0 Å². The minimum Gasteiger partial charge on any atom is -0.493 e. The zero-order chi connectivity index (χ0) is 19.4. The molecule has 2 saturated heterocycles. The number of hydrogen-bond acceptors (Lipinski definition) is 5. The minimum atomic E-state index is -0.291. The van der Waals surface area contributed by atoms with Gasteiger partial charge in [-0.2, -0.15) is 0 Å². The summed E-state index contributed by atoms with van der Waals surface area (Å²) in [5, 5.41) is 9.65. The Bertz CT molecular complexity index is 633. The summed E-state index contributed by atoms with van der Waals surface area (Å²) in [6.07, 6.45) is 3.08. The molecule has 2 aliphatic heterocycles. The standard InChI is InChI=1S/C21H32N2O4/c1-15(2)22-12-8-18(9-13-22)27-20-14-16(4-5-19(20)26-3)21(25)23-10-6-17(24)7-11-23/h4-5,14-15,17-18,24H,6-13H2,1-3H3. The number of carbonyl (C=O) groups is 1. The Kier molecular flexibility index (Phi) is 6.60. The molecule has 0 spiro atoms. The van der Waals surface area contributed by atoms with Crippen molar-refractivity contribution < 1.29 is 19.4 Å². The van der Waals surface area contributed by atoms with Crippen molar-refractivity contribution in [2.24, 2.45) is 0 Å². The van der Waals surface area contributed by atoms with Crippen LogP contribution in [0.15, 0.2) is 18.2 Å². The molecule has 3 rings (SSSR count). The Morgan fingerprint density at radius 2 is 1.74 bits per heavy atom. The number of ether oxygens (including phenoxy) is 2. The summed E-state index contributed by atoms with van der Waals surface area (Å²) in [7, 11) is 1.62. The SMILES string of the molecule is COc1ccc(C(=O)N2CCC(O)CC2)cc1OC1CCN(C(C)C)CC1. The van der Waals surface area contributed by atoms with E-state index < -0.39 is 0 Å². The van der Waals surface area contributed by atoms with Crippen molar-refractivity contribution in [2.45, 2.75) is 57.8 Å².